The summed E-state index contributed by atoms with van der Waals surface area (Å²) >= 11 is 0. The van der Waals surface area contributed by atoms with E-state index in [1.54, 1.807) is 10.9 Å². The lowest BCUT2D eigenvalue weighted by molar-refractivity contribution is -0.525. The van der Waals surface area contributed by atoms with Crippen molar-refractivity contribution in [1.82, 2.24) is 10.9 Å². The zero-order valence-electron chi connectivity index (χ0n) is 24.3. The number of nitro groups is 2. The average Bonchev–Trinajstić information content (AvgIpc) is 3.27. The lowest BCUT2D eigenvalue weighted by atomic mass is 9.72. The predicted molar refractivity (Wildman–Crippen MR) is 159 cm³/mol. The van der Waals surface area contributed by atoms with Gasteiger partial charge in [-0.1, -0.05) is 10.9 Å². The monoisotopic (exact) mass is 616 g/mol. The summed E-state index contributed by atoms with van der Waals surface area (Å²) < 4.78 is 0. The first-order valence-corrected chi connectivity index (χ1v) is 14.1. The first-order valence-electron chi connectivity index (χ1n) is 14.1. The minimum Gasteiger partial charge on any atom is -0.369 e. The zero-order chi connectivity index (χ0) is 32.7. The Balaban J connectivity index is 0.000000430. The lowest BCUT2D eigenvalue weighted by Crippen LogP contribution is -2.43. The molecular formula is C23H48N14O6. The van der Waals surface area contributed by atoms with Crippen molar-refractivity contribution in [2.45, 2.75) is 57.0 Å². The van der Waals surface area contributed by atoms with E-state index in [0.29, 0.717) is 51.7 Å². The second-order valence-electron chi connectivity index (χ2n) is 11.0. The molecule has 0 heterocycles. The lowest BCUT2D eigenvalue weighted by Gasteiger charge is -2.36. The van der Waals surface area contributed by atoms with E-state index in [0.717, 1.165) is 12.8 Å². The summed E-state index contributed by atoms with van der Waals surface area (Å²) in [5.74, 6) is -1.43. The number of hydrazine groups is 2. The molecule has 8 unspecified atom stereocenters. The van der Waals surface area contributed by atoms with Gasteiger partial charge in [0, 0.05) is 37.0 Å². The molecule has 0 aromatic carbocycles. The van der Waals surface area contributed by atoms with Gasteiger partial charge in [0.15, 0.2) is 10.1 Å². The Kier molecular flexibility index (Phi) is 16.1. The molecule has 18 N–H and O–H groups in total. The maximum atomic E-state index is 11.5. The SMILES string of the molecule is NCCC(C(N)=O)C1CC(N)C(CN=C(N)N[N+](=O)[O-])C1.NCCC(C(N)=O)C1CCC(CN=C(N)N[N+](=O)[O-])C(N)C1. The summed E-state index contributed by atoms with van der Waals surface area (Å²) in [4.78, 5) is 51.2. The van der Waals surface area contributed by atoms with E-state index in [4.69, 9.17) is 45.9 Å². The number of primary amides is 2. The van der Waals surface area contributed by atoms with E-state index in [-0.39, 0.29) is 77.9 Å². The van der Waals surface area contributed by atoms with Crippen molar-refractivity contribution in [2.75, 3.05) is 26.2 Å². The van der Waals surface area contributed by atoms with Gasteiger partial charge in [0.25, 0.3) is 11.9 Å². The molecule has 0 bridgehead atoms. The van der Waals surface area contributed by atoms with Gasteiger partial charge >= 0.3 is 0 Å². The minimum absolute atomic E-state index is 0.0155. The van der Waals surface area contributed by atoms with Crippen LogP contribution >= 0.6 is 0 Å². The molecule has 20 heteroatoms. The molecule has 0 aromatic heterocycles. The average molecular weight is 617 g/mol. The quantitative estimate of drug-likeness (QED) is 0.0386. The number of amides is 2. The van der Waals surface area contributed by atoms with E-state index in [2.05, 4.69) is 9.98 Å². The largest absolute Gasteiger partial charge is 0.369 e. The van der Waals surface area contributed by atoms with Crippen molar-refractivity contribution >= 4 is 23.7 Å². The van der Waals surface area contributed by atoms with Crippen LogP contribution in [0.1, 0.15) is 44.9 Å². The van der Waals surface area contributed by atoms with E-state index in [1.807, 2.05) is 0 Å². The smallest absolute Gasteiger partial charge is 0.251 e. The van der Waals surface area contributed by atoms with Crippen molar-refractivity contribution in [1.29, 1.82) is 0 Å². The molecule has 0 aliphatic heterocycles. The van der Waals surface area contributed by atoms with Gasteiger partial charge in [-0.15, -0.1) is 0 Å². The Hall–Kier alpha value is -3.88. The number of guanidine groups is 2. The van der Waals surface area contributed by atoms with Crippen LogP contribution in [-0.4, -0.2) is 72.1 Å². The Morgan fingerprint density at radius 1 is 0.721 bits per heavy atom. The van der Waals surface area contributed by atoms with Crippen LogP contribution in [0.25, 0.3) is 0 Å². The molecule has 2 amide bonds. The fraction of sp³-hybridized carbons (Fsp3) is 0.826. The third-order valence-electron chi connectivity index (χ3n) is 8.10. The van der Waals surface area contributed by atoms with Crippen LogP contribution in [0.15, 0.2) is 9.98 Å². The highest BCUT2D eigenvalue weighted by Crippen LogP contribution is 2.37. The molecule has 8 atom stereocenters. The van der Waals surface area contributed by atoms with Gasteiger partial charge in [-0.25, -0.2) is 30.2 Å². The molecule has 43 heavy (non-hydrogen) atoms. The van der Waals surface area contributed by atoms with E-state index in [9.17, 15) is 29.8 Å². The fourth-order valence-electron chi connectivity index (χ4n) is 5.90. The van der Waals surface area contributed by atoms with Gasteiger partial charge in [0.2, 0.25) is 11.8 Å². The first kappa shape index (κ1) is 37.1. The number of hydrogen-bond acceptors (Lipinski definition) is 12. The highest BCUT2D eigenvalue weighted by Gasteiger charge is 2.38. The molecule has 2 aliphatic rings. The molecule has 2 fully saturated rings. The van der Waals surface area contributed by atoms with E-state index < -0.39 is 10.1 Å². The Labute approximate surface area is 249 Å². The van der Waals surface area contributed by atoms with Crippen LogP contribution in [0, 0.1) is 55.7 Å². The minimum atomic E-state index is -0.777. The maximum absolute atomic E-state index is 11.5. The Bertz CT molecular complexity index is 998. The molecule has 20 nitrogen and oxygen atoms in total. The van der Waals surface area contributed by atoms with Crippen LogP contribution < -0.4 is 56.7 Å². The predicted octanol–water partition coefficient (Wildman–Crippen LogP) is -3.84. The third-order valence-corrected chi connectivity index (χ3v) is 8.10. The van der Waals surface area contributed by atoms with E-state index >= 15 is 0 Å². The number of carbonyl (C=O) groups is 2. The van der Waals surface area contributed by atoms with Gasteiger partial charge < -0.3 is 45.9 Å². The van der Waals surface area contributed by atoms with Crippen LogP contribution in [-0.2, 0) is 9.59 Å². The molecule has 0 aromatic rings. The van der Waals surface area contributed by atoms with Crippen LogP contribution in [0.3, 0.4) is 0 Å². The van der Waals surface area contributed by atoms with Gasteiger partial charge in [0.1, 0.15) is 0 Å². The zero-order valence-corrected chi connectivity index (χ0v) is 24.3. The third kappa shape index (κ3) is 13.3. The van der Waals surface area contributed by atoms with Crippen molar-refractivity contribution in [2.24, 2.45) is 91.4 Å². The molecule has 246 valence electrons. The topological polar surface area (TPSA) is 377 Å². The Morgan fingerprint density at radius 3 is 1.56 bits per heavy atom. The number of carbonyl (C=O) groups excluding carboxylic acids is 2. The van der Waals surface area contributed by atoms with Crippen molar-refractivity contribution in [3.63, 3.8) is 0 Å². The maximum Gasteiger partial charge on any atom is 0.251 e. The molecule has 2 aliphatic carbocycles. The second-order valence-corrected chi connectivity index (χ2v) is 11.0. The fourth-order valence-corrected chi connectivity index (χ4v) is 5.90. The summed E-state index contributed by atoms with van der Waals surface area (Å²) in [5, 5.41) is 18.9. The normalized spacial score (nSPS) is 27.3. The van der Waals surface area contributed by atoms with Crippen LogP contribution in [0.4, 0.5) is 0 Å². The number of hydrogen-bond donors (Lipinski definition) is 10. The summed E-state index contributed by atoms with van der Waals surface area (Å²) in [6, 6.07) is -0.285. The number of nitrogens with zero attached hydrogens (tertiary/aromatic N) is 4. The van der Waals surface area contributed by atoms with Gasteiger partial charge in [-0.05, 0) is 81.7 Å². The summed E-state index contributed by atoms with van der Waals surface area (Å²) in [6.45, 7) is 1.40. The van der Waals surface area contributed by atoms with Crippen LogP contribution in [0.5, 0.6) is 0 Å². The van der Waals surface area contributed by atoms with Crippen molar-refractivity contribution in [3.8, 4) is 0 Å². The van der Waals surface area contributed by atoms with Crippen molar-refractivity contribution < 1.29 is 19.7 Å². The number of nitrogens with two attached hydrogens (primary N) is 8. The standard InChI is InChI=1S/C12H25N7O3.C11H23N7O3/c13-4-3-9(11(15)20)7-1-2-8(10(14)5-7)6-17-12(16)18-19(21)22;12-2-1-8(10(14)19)6-3-7(9(13)4-6)5-16-11(15)17-18(20)21/h7-10H,1-6,13-14H2,(H2,15,20)(H3,16,17,18);6-9H,1-5,12-13H2,(H2,14,19)(H3,15,16,17). The first-order chi connectivity index (χ1) is 20.2. The summed E-state index contributed by atoms with van der Waals surface area (Å²) in [7, 11) is 0. The molecule has 2 rings (SSSR count). The molecule has 0 radical (unpaired) electrons. The number of aliphatic imine (C=N–C) groups is 2. The summed E-state index contributed by atoms with van der Waals surface area (Å²) in [5.41, 5.74) is 48.3. The van der Waals surface area contributed by atoms with Gasteiger partial charge in [0.05, 0.1) is 0 Å². The molecular weight excluding hydrogens is 568 g/mol. The highest BCUT2D eigenvalue weighted by molar-refractivity contribution is 5.78. The summed E-state index contributed by atoms with van der Waals surface area (Å²) in [6.07, 6.45) is 4.69. The van der Waals surface area contributed by atoms with Gasteiger partial charge in [-0.2, -0.15) is 0 Å². The number of nitrogens with one attached hydrogen (secondary N) is 2. The highest BCUT2D eigenvalue weighted by atomic mass is 16.7. The van der Waals surface area contributed by atoms with Crippen molar-refractivity contribution in [3.05, 3.63) is 20.2 Å². The molecule has 0 spiro atoms. The van der Waals surface area contributed by atoms with E-state index in [1.165, 1.54) is 0 Å². The molecule has 0 saturated heterocycles. The van der Waals surface area contributed by atoms with Crippen LogP contribution in [0.2, 0.25) is 0 Å². The number of rotatable bonds is 14. The molecule has 2 saturated carbocycles. The Morgan fingerprint density at radius 2 is 1.14 bits per heavy atom. The van der Waals surface area contributed by atoms with Gasteiger partial charge in [-0.3, -0.25) is 9.59 Å². The second kappa shape index (κ2) is 18.6.